The summed E-state index contributed by atoms with van der Waals surface area (Å²) >= 11 is 0. The molecule has 98 valence electrons. The summed E-state index contributed by atoms with van der Waals surface area (Å²) in [5.74, 6) is -1.84. The molecule has 0 aliphatic rings. The molecular formula is C15H14FNO2. The van der Waals surface area contributed by atoms with E-state index < -0.39 is 11.9 Å². The minimum Gasteiger partial charge on any atom is -0.481 e. The first kappa shape index (κ1) is 13.1. The molecule has 0 heterocycles. The van der Waals surface area contributed by atoms with Gasteiger partial charge in [-0.2, -0.15) is 0 Å². The number of aliphatic carboxylic acids is 1. The maximum absolute atomic E-state index is 12.8. The van der Waals surface area contributed by atoms with Gasteiger partial charge in [-0.3, -0.25) is 4.79 Å². The molecule has 4 heteroatoms. The molecule has 0 fully saturated rings. The molecule has 0 saturated heterocycles. The van der Waals surface area contributed by atoms with Crippen molar-refractivity contribution in [3.63, 3.8) is 0 Å². The van der Waals surface area contributed by atoms with E-state index >= 15 is 0 Å². The van der Waals surface area contributed by atoms with Crippen molar-refractivity contribution < 1.29 is 14.3 Å². The highest BCUT2D eigenvalue weighted by molar-refractivity contribution is 5.77. The van der Waals surface area contributed by atoms with Crippen LogP contribution in [-0.2, 0) is 4.79 Å². The molecule has 2 rings (SSSR count). The summed E-state index contributed by atoms with van der Waals surface area (Å²) < 4.78 is 12.8. The molecule has 2 aromatic rings. The lowest BCUT2D eigenvalue weighted by Crippen LogP contribution is -2.20. The fourth-order valence-corrected chi connectivity index (χ4v) is 1.82. The third-order valence-electron chi connectivity index (χ3n) is 2.85. The fourth-order valence-electron chi connectivity index (χ4n) is 1.82. The molecular weight excluding hydrogens is 245 g/mol. The Bertz CT molecular complexity index is 540. The Hall–Kier alpha value is -2.36. The lowest BCUT2D eigenvalue weighted by atomic mass is 9.99. The summed E-state index contributed by atoms with van der Waals surface area (Å²) in [6.07, 6.45) is 0. The summed E-state index contributed by atoms with van der Waals surface area (Å²) in [6.45, 7) is 0.255. The molecule has 1 atom stereocenters. The van der Waals surface area contributed by atoms with Gasteiger partial charge in [0, 0.05) is 12.2 Å². The highest BCUT2D eigenvalue weighted by atomic mass is 19.1. The molecule has 0 bridgehead atoms. The lowest BCUT2D eigenvalue weighted by Gasteiger charge is -2.14. The molecule has 0 amide bonds. The van der Waals surface area contributed by atoms with E-state index in [1.807, 2.05) is 18.2 Å². The second-order valence-corrected chi connectivity index (χ2v) is 4.19. The molecule has 0 aliphatic carbocycles. The van der Waals surface area contributed by atoms with Crippen molar-refractivity contribution in [2.45, 2.75) is 5.92 Å². The zero-order valence-electron chi connectivity index (χ0n) is 10.2. The minimum atomic E-state index is -0.888. The number of hydrogen-bond acceptors (Lipinski definition) is 2. The fraction of sp³-hybridized carbons (Fsp3) is 0.133. The van der Waals surface area contributed by atoms with Gasteiger partial charge in [-0.15, -0.1) is 0 Å². The van der Waals surface area contributed by atoms with Gasteiger partial charge in [0.15, 0.2) is 0 Å². The van der Waals surface area contributed by atoms with E-state index in [0.29, 0.717) is 5.69 Å². The van der Waals surface area contributed by atoms with Crippen LogP contribution in [0.3, 0.4) is 0 Å². The van der Waals surface area contributed by atoms with Crippen LogP contribution in [0.15, 0.2) is 54.6 Å². The number of rotatable bonds is 5. The van der Waals surface area contributed by atoms with E-state index in [9.17, 15) is 14.3 Å². The van der Waals surface area contributed by atoms with Crippen LogP contribution >= 0.6 is 0 Å². The summed E-state index contributed by atoms with van der Waals surface area (Å²) in [5, 5.41) is 12.3. The Morgan fingerprint density at radius 1 is 1.11 bits per heavy atom. The summed E-state index contributed by atoms with van der Waals surface area (Å²) in [4.78, 5) is 11.3. The van der Waals surface area contributed by atoms with E-state index in [4.69, 9.17) is 0 Å². The van der Waals surface area contributed by atoms with E-state index in [2.05, 4.69) is 5.32 Å². The highest BCUT2D eigenvalue weighted by Crippen LogP contribution is 2.17. The number of carboxylic acid groups (broad SMARTS) is 1. The number of hydrogen-bond donors (Lipinski definition) is 2. The lowest BCUT2D eigenvalue weighted by molar-refractivity contribution is -0.138. The molecule has 19 heavy (non-hydrogen) atoms. The number of carboxylic acids is 1. The largest absolute Gasteiger partial charge is 0.481 e. The van der Waals surface area contributed by atoms with Gasteiger partial charge in [-0.25, -0.2) is 4.39 Å². The number of nitrogens with one attached hydrogen (secondary N) is 1. The topological polar surface area (TPSA) is 49.3 Å². The molecule has 1 unspecified atom stereocenters. The summed E-state index contributed by atoms with van der Waals surface area (Å²) in [5.41, 5.74) is 1.44. The molecule has 2 N–H and O–H groups in total. The molecule has 3 nitrogen and oxygen atoms in total. The third-order valence-corrected chi connectivity index (χ3v) is 2.85. The van der Waals surface area contributed by atoms with E-state index in [1.165, 1.54) is 12.1 Å². The smallest absolute Gasteiger partial charge is 0.312 e. The van der Waals surface area contributed by atoms with Crippen LogP contribution in [0, 0.1) is 5.82 Å². The van der Waals surface area contributed by atoms with Crippen LogP contribution < -0.4 is 5.32 Å². The van der Waals surface area contributed by atoms with Crippen molar-refractivity contribution in [3.05, 3.63) is 66.0 Å². The van der Waals surface area contributed by atoms with Crippen molar-refractivity contribution in [2.24, 2.45) is 0 Å². The van der Waals surface area contributed by atoms with Crippen LogP contribution in [0.4, 0.5) is 10.1 Å². The first-order chi connectivity index (χ1) is 9.16. The Morgan fingerprint density at radius 3 is 2.32 bits per heavy atom. The van der Waals surface area contributed by atoms with Gasteiger partial charge in [0.2, 0.25) is 0 Å². The van der Waals surface area contributed by atoms with Gasteiger partial charge >= 0.3 is 5.97 Å². The third kappa shape index (κ3) is 3.55. The molecule has 0 aliphatic heterocycles. The number of carbonyl (C=O) groups is 1. The van der Waals surface area contributed by atoms with Crippen molar-refractivity contribution in [3.8, 4) is 0 Å². The van der Waals surface area contributed by atoms with Gasteiger partial charge in [0.05, 0.1) is 5.92 Å². The van der Waals surface area contributed by atoms with Crippen LogP contribution in [-0.4, -0.2) is 17.6 Å². The molecule has 2 aromatic carbocycles. The zero-order chi connectivity index (χ0) is 13.7. The second-order valence-electron chi connectivity index (χ2n) is 4.19. The van der Waals surface area contributed by atoms with Crippen molar-refractivity contribution in [1.29, 1.82) is 0 Å². The summed E-state index contributed by atoms with van der Waals surface area (Å²) in [7, 11) is 0. The van der Waals surface area contributed by atoms with Gasteiger partial charge in [-0.05, 0) is 29.8 Å². The Kier molecular flexibility index (Phi) is 4.13. The minimum absolute atomic E-state index is 0.255. The van der Waals surface area contributed by atoms with Gasteiger partial charge in [0.25, 0.3) is 0 Å². The average Bonchev–Trinajstić information content (AvgIpc) is 2.42. The first-order valence-electron chi connectivity index (χ1n) is 5.94. The highest BCUT2D eigenvalue weighted by Gasteiger charge is 2.19. The average molecular weight is 259 g/mol. The quantitative estimate of drug-likeness (QED) is 0.867. The van der Waals surface area contributed by atoms with Crippen LogP contribution in [0.1, 0.15) is 11.5 Å². The zero-order valence-corrected chi connectivity index (χ0v) is 10.2. The molecule has 0 aromatic heterocycles. The van der Waals surface area contributed by atoms with Crippen molar-refractivity contribution in [2.75, 3.05) is 11.9 Å². The Morgan fingerprint density at radius 2 is 1.74 bits per heavy atom. The maximum atomic E-state index is 12.8. The van der Waals surface area contributed by atoms with Crippen molar-refractivity contribution in [1.82, 2.24) is 0 Å². The van der Waals surface area contributed by atoms with Crippen LogP contribution in [0.25, 0.3) is 0 Å². The van der Waals surface area contributed by atoms with Gasteiger partial charge in [0.1, 0.15) is 5.82 Å². The normalized spacial score (nSPS) is 11.8. The number of anilines is 1. The van der Waals surface area contributed by atoms with E-state index in [0.717, 1.165) is 5.56 Å². The Balaban J connectivity index is 2.06. The van der Waals surface area contributed by atoms with E-state index in [-0.39, 0.29) is 12.4 Å². The second kappa shape index (κ2) is 6.00. The summed E-state index contributed by atoms with van der Waals surface area (Å²) in [6, 6.07) is 14.9. The standard InChI is InChI=1S/C15H14FNO2/c16-12-6-8-13(9-7-12)17-10-14(15(18)19)11-4-2-1-3-5-11/h1-9,14,17H,10H2,(H,18,19). The van der Waals surface area contributed by atoms with E-state index in [1.54, 1.807) is 24.3 Å². The predicted molar refractivity (Wildman–Crippen MR) is 71.7 cm³/mol. The monoisotopic (exact) mass is 259 g/mol. The van der Waals surface area contributed by atoms with Crippen molar-refractivity contribution >= 4 is 11.7 Å². The van der Waals surface area contributed by atoms with Gasteiger partial charge < -0.3 is 10.4 Å². The van der Waals surface area contributed by atoms with Crippen LogP contribution in [0.5, 0.6) is 0 Å². The first-order valence-corrected chi connectivity index (χ1v) is 5.94. The SMILES string of the molecule is O=C(O)C(CNc1ccc(F)cc1)c1ccccc1. The maximum Gasteiger partial charge on any atom is 0.312 e. The van der Waals surface area contributed by atoms with Crippen LogP contribution in [0.2, 0.25) is 0 Å². The van der Waals surface area contributed by atoms with Gasteiger partial charge in [-0.1, -0.05) is 30.3 Å². The molecule has 0 spiro atoms. The molecule has 0 radical (unpaired) electrons. The number of benzene rings is 2. The number of halogens is 1. The molecule has 0 saturated carbocycles. The Labute approximate surface area is 110 Å². The predicted octanol–water partition coefficient (Wildman–Crippen LogP) is 3.11.